The first-order valence-corrected chi connectivity index (χ1v) is 6.79. The van der Waals surface area contributed by atoms with Gasteiger partial charge in [0.1, 0.15) is 5.75 Å². The number of carbonyl (C=O) groups is 1. The van der Waals surface area contributed by atoms with Crippen molar-refractivity contribution in [1.82, 2.24) is 4.90 Å². The third-order valence-electron chi connectivity index (χ3n) is 3.18. The number of hydrogen-bond acceptors (Lipinski definition) is 3. The second-order valence-corrected chi connectivity index (χ2v) is 4.87. The molecular weight excluding hydrogens is 302 g/mol. The van der Waals surface area contributed by atoms with E-state index in [0.29, 0.717) is 17.7 Å². The van der Waals surface area contributed by atoms with Crippen LogP contribution >= 0.6 is 0 Å². The number of rotatable bonds is 5. The lowest BCUT2D eigenvalue weighted by molar-refractivity contribution is -0.0498. The summed E-state index contributed by atoms with van der Waals surface area (Å²) in [5.74, 6) is -0.118. The lowest BCUT2D eigenvalue weighted by Crippen LogP contribution is -2.26. The summed E-state index contributed by atoms with van der Waals surface area (Å²) in [5.41, 5.74) is 1.75. The van der Waals surface area contributed by atoms with Gasteiger partial charge >= 0.3 is 6.61 Å². The Morgan fingerprint density at radius 2 is 1.78 bits per heavy atom. The second-order valence-electron chi connectivity index (χ2n) is 4.87. The Hall–Kier alpha value is -2.94. The van der Waals surface area contributed by atoms with E-state index in [4.69, 9.17) is 5.26 Å². The van der Waals surface area contributed by atoms with E-state index in [9.17, 15) is 13.6 Å². The normalized spacial score (nSPS) is 10.2. The molecule has 0 aliphatic heterocycles. The molecule has 0 radical (unpaired) electrons. The highest BCUT2D eigenvalue weighted by Gasteiger charge is 2.12. The van der Waals surface area contributed by atoms with Crippen LogP contribution in [0.15, 0.2) is 48.5 Å². The number of nitrogens with zero attached hydrogens (tertiary/aromatic N) is 2. The molecule has 4 nitrogen and oxygen atoms in total. The minimum absolute atomic E-state index is 0.0739. The SMILES string of the molecule is CN(Cc1ccc(OC(F)F)cc1)C(=O)c1ccc(C#N)cc1. The number of alkyl halides is 2. The van der Waals surface area contributed by atoms with Crippen molar-refractivity contribution in [2.45, 2.75) is 13.2 Å². The van der Waals surface area contributed by atoms with Crippen LogP contribution < -0.4 is 4.74 Å². The Balaban J connectivity index is 2.01. The molecule has 0 heterocycles. The summed E-state index contributed by atoms with van der Waals surface area (Å²) in [6.45, 7) is -2.53. The van der Waals surface area contributed by atoms with Crippen molar-refractivity contribution in [3.8, 4) is 11.8 Å². The summed E-state index contributed by atoms with van der Waals surface area (Å²) < 4.78 is 28.4. The van der Waals surface area contributed by atoms with Gasteiger partial charge < -0.3 is 9.64 Å². The van der Waals surface area contributed by atoms with Gasteiger partial charge in [-0.1, -0.05) is 12.1 Å². The van der Waals surface area contributed by atoms with E-state index in [1.807, 2.05) is 6.07 Å². The van der Waals surface area contributed by atoms with Gasteiger partial charge in [0.15, 0.2) is 0 Å². The van der Waals surface area contributed by atoms with Crippen molar-refractivity contribution in [1.29, 1.82) is 5.26 Å². The molecule has 0 aromatic heterocycles. The quantitative estimate of drug-likeness (QED) is 0.849. The molecule has 2 aromatic rings. The summed E-state index contributed by atoms with van der Waals surface area (Å²) in [5, 5.41) is 8.75. The largest absolute Gasteiger partial charge is 0.435 e. The van der Waals surface area contributed by atoms with E-state index in [2.05, 4.69) is 4.74 Å². The zero-order valence-corrected chi connectivity index (χ0v) is 12.4. The van der Waals surface area contributed by atoms with Gasteiger partial charge in [-0.05, 0) is 42.0 Å². The van der Waals surface area contributed by atoms with E-state index < -0.39 is 6.61 Å². The Labute approximate surface area is 132 Å². The number of amides is 1. The molecule has 0 saturated carbocycles. The monoisotopic (exact) mass is 316 g/mol. The Bertz CT molecular complexity index is 707. The van der Waals surface area contributed by atoms with Gasteiger partial charge in [0.25, 0.3) is 5.91 Å². The molecule has 0 bridgehead atoms. The highest BCUT2D eigenvalue weighted by molar-refractivity contribution is 5.94. The van der Waals surface area contributed by atoms with Crippen LogP contribution in [0.1, 0.15) is 21.5 Å². The number of carbonyl (C=O) groups excluding carboxylic acids is 1. The third-order valence-corrected chi connectivity index (χ3v) is 3.18. The van der Waals surface area contributed by atoms with Gasteiger partial charge in [-0.25, -0.2) is 0 Å². The minimum Gasteiger partial charge on any atom is -0.435 e. The van der Waals surface area contributed by atoms with Crippen molar-refractivity contribution >= 4 is 5.91 Å². The maximum absolute atomic E-state index is 12.3. The van der Waals surface area contributed by atoms with Crippen molar-refractivity contribution in [3.05, 3.63) is 65.2 Å². The molecule has 23 heavy (non-hydrogen) atoms. The van der Waals surface area contributed by atoms with E-state index >= 15 is 0 Å². The van der Waals surface area contributed by atoms with Gasteiger partial charge in [-0.3, -0.25) is 4.79 Å². The second kappa shape index (κ2) is 7.36. The average Bonchev–Trinajstić information content (AvgIpc) is 2.55. The van der Waals surface area contributed by atoms with Crippen LogP contribution in [0.4, 0.5) is 8.78 Å². The lowest BCUT2D eigenvalue weighted by atomic mass is 10.1. The first-order valence-electron chi connectivity index (χ1n) is 6.79. The number of halogens is 2. The summed E-state index contributed by atoms with van der Waals surface area (Å²) in [4.78, 5) is 13.8. The molecule has 118 valence electrons. The minimum atomic E-state index is -2.86. The van der Waals surface area contributed by atoms with E-state index in [1.165, 1.54) is 17.0 Å². The summed E-state index contributed by atoms with van der Waals surface area (Å²) in [6, 6.07) is 14.5. The number of hydrogen-bond donors (Lipinski definition) is 0. The van der Waals surface area contributed by atoms with Crippen LogP contribution in [0, 0.1) is 11.3 Å². The molecule has 0 spiro atoms. The van der Waals surface area contributed by atoms with Gasteiger partial charge in [-0.15, -0.1) is 0 Å². The fourth-order valence-electron chi connectivity index (χ4n) is 2.03. The molecule has 6 heteroatoms. The van der Waals surface area contributed by atoms with Gasteiger partial charge in [0, 0.05) is 19.2 Å². The maximum Gasteiger partial charge on any atom is 0.387 e. The van der Waals surface area contributed by atoms with E-state index in [1.54, 1.807) is 43.4 Å². The molecule has 0 unspecified atom stereocenters. The molecule has 0 atom stereocenters. The molecular formula is C17H14F2N2O2. The van der Waals surface area contributed by atoms with Crippen LogP contribution in [0.25, 0.3) is 0 Å². The Kier molecular flexibility index (Phi) is 5.26. The highest BCUT2D eigenvalue weighted by atomic mass is 19.3. The highest BCUT2D eigenvalue weighted by Crippen LogP contribution is 2.16. The lowest BCUT2D eigenvalue weighted by Gasteiger charge is -2.17. The van der Waals surface area contributed by atoms with Crippen LogP contribution in [0.2, 0.25) is 0 Å². The van der Waals surface area contributed by atoms with Crippen LogP contribution in [0.5, 0.6) is 5.75 Å². The summed E-state index contributed by atoms with van der Waals surface area (Å²) in [7, 11) is 1.64. The fraction of sp³-hybridized carbons (Fsp3) is 0.176. The standard InChI is InChI=1S/C17H14F2N2O2/c1-21(16(22)14-6-2-12(10-20)3-7-14)11-13-4-8-15(9-5-13)23-17(18)19/h2-9,17H,11H2,1H3. The molecule has 0 aliphatic rings. The first kappa shape index (κ1) is 16.4. The zero-order valence-electron chi connectivity index (χ0n) is 12.4. The average molecular weight is 316 g/mol. The molecule has 0 saturated heterocycles. The molecule has 0 aliphatic carbocycles. The van der Waals surface area contributed by atoms with E-state index in [0.717, 1.165) is 5.56 Å². The molecule has 0 N–H and O–H groups in total. The van der Waals surface area contributed by atoms with Crippen LogP contribution in [-0.4, -0.2) is 24.5 Å². The van der Waals surface area contributed by atoms with Crippen LogP contribution in [0.3, 0.4) is 0 Å². The van der Waals surface area contributed by atoms with Crippen molar-refractivity contribution < 1.29 is 18.3 Å². The molecule has 1 amide bonds. The van der Waals surface area contributed by atoms with Gasteiger partial charge in [0.05, 0.1) is 11.6 Å². The summed E-state index contributed by atoms with van der Waals surface area (Å²) in [6.07, 6.45) is 0. The number of nitriles is 1. The number of benzene rings is 2. The zero-order chi connectivity index (χ0) is 16.8. The predicted molar refractivity (Wildman–Crippen MR) is 80.0 cm³/mol. The number of ether oxygens (including phenoxy) is 1. The van der Waals surface area contributed by atoms with Crippen molar-refractivity contribution in [2.24, 2.45) is 0 Å². The molecule has 2 rings (SSSR count). The summed E-state index contributed by atoms with van der Waals surface area (Å²) >= 11 is 0. The fourth-order valence-corrected chi connectivity index (χ4v) is 2.03. The smallest absolute Gasteiger partial charge is 0.387 e. The Morgan fingerprint density at radius 3 is 2.30 bits per heavy atom. The van der Waals surface area contributed by atoms with Crippen molar-refractivity contribution in [2.75, 3.05) is 7.05 Å². The molecule has 0 fully saturated rings. The third kappa shape index (κ3) is 4.51. The maximum atomic E-state index is 12.3. The van der Waals surface area contributed by atoms with Crippen molar-refractivity contribution in [3.63, 3.8) is 0 Å². The molecule has 2 aromatic carbocycles. The van der Waals surface area contributed by atoms with Gasteiger partial charge in [-0.2, -0.15) is 14.0 Å². The topological polar surface area (TPSA) is 53.3 Å². The van der Waals surface area contributed by atoms with Gasteiger partial charge in [0.2, 0.25) is 0 Å². The predicted octanol–water partition coefficient (Wildman–Crippen LogP) is 3.43. The van der Waals surface area contributed by atoms with E-state index in [-0.39, 0.29) is 11.7 Å². The first-order chi connectivity index (χ1) is 11.0. The Morgan fingerprint density at radius 1 is 1.17 bits per heavy atom. The van der Waals surface area contributed by atoms with Crippen LogP contribution in [-0.2, 0) is 6.54 Å².